The molecule has 7 nitrogen and oxygen atoms in total. The summed E-state index contributed by atoms with van der Waals surface area (Å²) in [6, 6.07) is 17.2. The van der Waals surface area contributed by atoms with E-state index in [0.29, 0.717) is 5.82 Å². The molecular formula is C25H30BrN3O4. The van der Waals surface area contributed by atoms with Gasteiger partial charge in [-0.1, -0.05) is 34.1 Å². The van der Waals surface area contributed by atoms with Crippen LogP contribution in [0.1, 0.15) is 46.9 Å². The highest BCUT2D eigenvalue weighted by Crippen LogP contribution is 2.30. The number of nitrogens with zero attached hydrogens (tertiary/aromatic N) is 3. The maximum absolute atomic E-state index is 14.3. The van der Waals surface area contributed by atoms with E-state index < -0.39 is 23.7 Å². The minimum absolute atomic E-state index is 0.124. The third-order valence-electron chi connectivity index (χ3n) is 4.97. The van der Waals surface area contributed by atoms with E-state index in [0.717, 1.165) is 15.7 Å². The van der Waals surface area contributed by atoms with Crippen LogP contribution in [-0.2, 0) is 25.6 Å². The summed E-state index contributed by atoms with van der Waals surface area (Å²) in [6.45, 7) is 9.63. The van der Waals surface area contributed by atoms with E-state index in [1.54, 1.807) is 23.1 Å². The van der Waals surface area contributed by atoms with Crippen molar-refractivity contribution in [2.75, 3.05) is 13.2 Å². The van der Waals surface area contributed by atoms with Crippen LogP contribution < -0.4 is 9.67 Å². The van der Waals surface area contributed by atoms with Gasteiger partial charge in [-0.05, 0) is 71.0 Å². The fourth-order valence-electron chi connectivity index (χ4n) is 3.62. The SMILES string of the molecule is CCOC(=O)CC([O-])(OCC)c1n(C(C)(C)C)nc(-c2ccccc2)[n+]1-c1ccc(Br)cc1. The Kier molecular flexibility index (Phi) is 7.72. The second-order valence-electron chi connectivity index (χ2n) is 8.58. The zero-order chi connectivity index (χ0) is 24.2. The number of hydrogen-bond donors (Lipinski definition) is 0. The zero-order valence-electron chi connectivity index (χ0n) is 19.7. The Morgan fingerprint density at radius 3 is 2.24 bits per heavy atom. The van der Waals surface area contributed by atoms with Gasteiger partial charge >= 0.3 is 11.8 Å². The molecule has 0 radical (unpaired) electrons. The highest BCUT2D eigenvalue weighted by Gasteiger charge is 2.43. The standard InChI is InChI=1S/C25H30BrN3O4/c1-6-32-21(30)17-25(31,33-7-2)23-28(20-15-13-19(26)14-16-20)22(18-11-9-8-10-12-18)27-29(23)24(3,4)5/h8-16H,6-7,17H2,1-5H3. The second kappa shape index (κ2) is 10.2. The number of aromatic nitrogens is 3. The molecule has 0 aliphatic heterocycles. The van der Waals surface area contributed by atoms with Crippen LogP contribution in [0.3, 0.4) is 0 Å². The van der Waals surface area contributed by atoms with Crippen LogP contribution in [0.2, 0.25) is 0 Å². The van der Waals surface area contributed by atoms with Crippen LogP contribution in [-0.4, -0.2) is 29.0 Å². The summed E-state index contributed by atoms with van der Waals surface area (Å²) in [7, 11) is 0. The summed E-state index contributed by atoms with van der Waals surface area (Å²) < 4.78 is 15.2. The van der Waals surface area contributed by atoms with Crippen LogP contribution >= 0.6 is 15.9 Å². The molecule has 3 aromatic rings. The first-order valence-electron chi connectivity index (χ1n) is 11.0. The van der Waals surface area contributed by atoms with E-state index in [2.05, 4.69) is 15.9 Å². The minimum atomic E-state index is -2.22. The van der Waals surface area contributed by atoms with Gasteiger partial charge in [0.1, 0.15) is 11.2 Å². The largest absolute Gasteiger partial charge is 0.820 e. The molecule has 1 atom stereocenters. The molecule has 0 amide bonds. The Labute approximate surface area is 203 Å². The van der Waals surface area contributed by atoms with E-state index in [1.165, 1.54) is 0 Å². The summed E-state index contributed by atoms with van der Waals surface area (Å²) in [5.41, 5.74) is 0.993. The quantitative estimate of drug-likeness (QED) is 0.258. The van der Waals surface area contributed by atoms with Gasteiger partial charge in [-0.15, -0.1) is 4.68 Å². The Morgan fingerprint density at radius 2 is 1.70 bits per heavy atom. The average Bonchev–Trinajstić information content (AvgIpc) is 3.17. The molecule has 3 rings (SSSR count). The lowest BCUT2D eigenvalue weighted by molar-refractivity contribution is -0.664. The number of benzene rings is 2. The van der Waals surface area contributed by atoms with E-state index >= 15 is 0 Å². The molecule has 2 aromatic carbocycles. The van der Waals surface area contributed by atoms with Crippen LogP contribution in [0, 0.1) is 0 Å². The molecule has 0 spiro atoms. The van der Waals surface area contributed by atoms with Crippen molar-refractivity contribution in [1.29, 1.82) is 0 Å². The summed E-state index contributed by atoms with van der Waals surface area (Å²) in [5.74, 6) is -2.04. The molecule has 1 unspecified atom stereocenters. The normalized spacial score (nSPS) is 13.5. The molecule has 8 heteroatoms. The molecule has 1 aromatic heterocycles. The van der Waals surface area contributed by atoms with Crippen molar-refractivity contribution in [3.63, 3.8) is 0 Å². The number of esters is 1. The lowest BCUT2D eigenvalue weighted by atomic mass is 10.1. The van der Waals surface area contributed by atoms with Crippen molar-refractivity contribution < 1.29 is 23.9 Å². The van der Waals surface area contributed by atoms with Gasteiger partial charge in [0.25, 0.3) is 5.82 Å². The van der Waals surface area contributed by atoms with Crippen LogP contribution in [0.15, 0.2) is 59.1 Å². The summed E-state index contributed by atoms with van der Waals surface area (Å²) >= 11 is 3.47. The molecule has 0 N–H and O–H groups in total. The van der Waals surface area contributed by atoms with Gasteiger partial charge in [-0.2, -0.15) is 4.57 Å². The molecule has 0 fully saturated rings. The van der Waals surface area contributed by atoms with Crippen molar-refractivity contribution >= 4 is 21.9 Å². The molecule has 0 aliphatic carbocycles. The Bertz CT molecular complexity index is 1090. The van der Waals surface area contributed by atoms with Gasteiger partial charge in [-0.3, -0.25) is 4.79 Å². The second-order valence-corrected chi connectivity index (χ2v) is 9.49. The van der Waals surface area contributed by atoms with Crippen molar-refractivity contribution in [1.82, 2.24) is 9.78 Å². The van der Waals surface area contributed by atoms with Gasteiger partial charge in [-0.25, -0.2) is 0 Å². The molecule has 0 saturated heterocycles. The van der Waals surface area contributed by atoms with Crippen molar-refractivity contribution in [3.8, 4) is 17.1 Å². The lowest BCUT2D eigenvalue weighted by Crippen LogP contribution is -2.56. The molecule has 176 valence electrons. The van der Waals surface area contributed by atoms with Gasteiger partial charge in [0.15, 0.2) is 0 Å². The topological polar surface area (TPSA) is 80.3 Å². The fourth-order valence-corrected chi connectivity index (χ4v) is 3.88. The third kappa shape index (κ3) is 5.51. The Hall–Kier alpha value is -2.55. The number of rotatable bonds is 8. The van der Waals surface area contributed by atoms with Crippen LogP contribution in [0.4, 0.5) is 0 Å². The van der Waals surface area contributed by atoms with Crippen molar-refractivity contribution in [3.05, 3.63) is 64.9 Å². The number of ether oxygens (including phenoxy) is 2. The van der Waals surface area contributed by atoms with Crippen LogP contribution in [0.25, 0.3) is 17.1 Å². The number of hydrogen-bond acceptors (Lipinski definition) is 5. The van der Waals surface area contributed by atoms with E-state index in [1.807, 2.05) is 75.4 Å². The Morgan fingerprint density at radius 1 is 1.06 bits per heavy atom. The fraction of sp³-hybridized carbons (Fsp3) is 0.400. The van der Waals surface area contributed by atoms with Gasteiger partial charge in [0.05, 0.1) is 24.4 Å². The minimum Gasteiger partial charge on any atom is -0.820 e. The number of carbonyl (C=O) groups excluding carboxylic acids is 1. The molecule has 0 aliphatic rings. The molecule has 0 bridgehead atoms. The highest BCUT2D eigenvalue weighted by atomic mass is 79.9. The van der Waals surface area contributed by atoms with Gasteiger partial charge in [0, 0.05) is 16.2 Å². The predicted molar refractivity (Wildman–Crippen MR) is 126 cm³/mol. The van der Waals surface area contributed by atoms with Gasteiger partial charge < -0.3 is 14.6 Å². The molecule has 1 heterocycles. The third-order valence-corrected chi connectivity index (χ3v) is 5.50. The Balaban J connectivity index is 2.40. The molecule has 0 saturated carbocycles. The highest BCUT2D eigenvalue weighted by molar-refractivity contribution is 9.10. The van der Waals surface area contributed by atoms with E-state index in [9.17, 15) is 9.90 Å². The summed E-state index contributed by atoms with van der Waals surface area (Å²) in [6.07, 6.45) is -0.485. The monoisotopic (exact) mass is 515 g/mol. The summed E-state index contributed by atoms with van der Waals surface area (Å²) in [4.78, 5) is 12.5. The van der Waals surface area contributed by atoms with Crippen LogP contribution in [0.5, 0.6) is 0 Å². The smallest absolute Gasteiger partial charge is 0.314 e. The maximum atomic E-state index is 14.3. The van der Waals surface area contributed by atoms with Gasteiger partial charge in [0.2, 0.25) is 0 Å². The van der Waals surface area contributed by atoms with E-state index in [4.69, 9.17) is 14.6 Å². The number of halogens is 1. The average molecular weight is 516 g/mol. The lowest BCUT2D eigenvalue weighted by Gasteiger charge is -2.37. The maximum Gasteiger partial charge on any atom is 0.314 e. The predicted octanol–water partition coefficient (Wildman–Crippen LogP) is 3.85. The van der Waals surface area contributed by atoms with Crippen molar-refractivity contribution in [2.24, 2.45) is 0 Å². The first-order chi connectivity index (χ1) is 15.6. The molecule has 33 heavy (non-hydrogen) atoms. The van der Waals surface area contributed by atoms with E-state index in [-0.39, 0.29) is 19.0 Å². The number of carbonyl (C=O) groups is 1. The zero-order valence-corrected chi connectivity index (χ0v) is 21.3. The molecular weight excluding hydrogens is 486 g/mol. The van der Waals surface area contributed by atoms with Crippen molar-refractivity contribution in [2.45, 2.75) is 52.4 Å². The first-order valence-corrected chi connectivity index (χ1v) is 11.8. The first kappa shape index (κ1) is 25.1. The summed E-state index contributed by atoms with van der Waals surface area (Å²) in [5, 5.41) is 19.2.